The molecule has 5 nitrogen and oxygen atoms in total. The van der Waals surface area contributed by atoms with Gasteiger partial charge in [-0.1, -0.05) is 42.5 Å². The second-order valence-electron chi connectivity index (χ2n) is 5.69. The molecule has 134 valence electrons. The molecular weight excluding hydrogens is 346 g/mol. The lowest BCUT2D eigenvalue weighted by Gasteiger charge is -2.13. The molecule has 0 amide bonds. The lowest BCUT2D eigenvalue weighted by Crippen LogP contribution is -2.13. The second kappa shape index (κ2) is 9.22. The molecule has 1 unspecified atom stereocenters. The summed E-state index contributed by atoms with van der Waals surface area (Å²) in [5, 5.41) is 14.3. The summed E-state index contributed by atoms with van der Waals surface area (Å²) in [6.45, 7) is 0.355. The molecule has 3 rings (SSSR count). The molecule has 0 saturated carbocycles. The Kier molecular flexibility index (Phi) is 6.46. The zero-order chi connectivity index (χ0) is 18.2. The number of aliphatic hydroxyl groups excluding tert-OH is 1. The molecule has 2 aromatic carbocycles. The summed E-state index contributed by atoms with van der Waals surface area (Å²) in [5.74, 6) is 2.26. The molecule has 1 aromatic heterocycles. The Morgan fingerprint density at radius 3 is 2.58 bits per heavy atom. The van der Waals surface area contributed by atoms with Crippen molar-refractivity contribution in [3.8, 4) is 5.75 Å². The number of ether oxygens (including phenoxy) is 1. The molecule has 0 saturated heterocycles. The number of methoxy groups -OCH3 is 1. The number of aromatic nitrogens is 2. The quantitative estimate of drug-likeness (QED) is 0.588. The van der Waals surface area contributed by atoms with Gasteiger partial charge in [-0.15, -0.1) is 11.8 Å². The Morgan fingerprint density at radius 1 is 1.08 bits per heavy atom. The minimum Gasteiger partial charge on any atom is -0.497 e. The molecule has 0 bridgehead atoms. The Balaban J connectivity index is 1.54. The van der Waals surface area contributed by atoms with Gasteiger partial charge in [-0.25, -0.2) is 4.98 Å². The third kappa shape index (κ3) is 5.21. The summed E-state index contributed by atoms with van der Waals surface area (Å²) in [5.41, 5.74) is 2.06. The molecule has 0 spiro atoms. The zero-order valence-electron chi connectivity index (χ0n) is 14.5. The maximum absolute atomic E-state index is 10.3. The van der Waals surface area contributed by atoms with E-state index >= 15 is 0 Å². The van der Waals surface area contributed by atoms with Gasteiger partial charge in [-0.2, -0.15) is 0 Å². The average molecular weight is 367 g/mol. The number of nitrogens with zero attached hydrogens (tertiary/aromatic N) is 2. The first kappa shape index (κ1) is 18.2. The fraction of sp³-hybridized carbons (Fsp3) is 0.200. The minimum absolute atomic E-state index is 0.355. The van der Waals surface area contributed by atoms with Gasteiger partial charge < -0.3 is 15.2 Å². The van der Waals surface area contributed by atoms with E-state index in [0.29, 0.717) is 12.4 Å². The lowest BCUT2D eigenvalue weighted by atomic mass is 10.1. The Bertz CT molecular complexity index is 813. The SMILES string of the molecule is COc1ccc(C(O)CNc2cncc(SCc3ccccc3)n2)cc1. The van der Waals surface area contributed by atoms with E-state index in [1.54, 1.807) is 31.3 Å². The lowest BCUT2D eigenvalue weighted by molar-refractivity contribution is 0.191. The van der Waals surface area contributed by atoms with Crippen molar-refractivity contribution in [2.45, 2.75) is 16.9 Å². The van der Waals surface area contributed by atoms with Crippen LogP contribution in [0.15, 0.2) is 72.0 Å². The van der Waals surface area contributed by atoms with Crippen molar-refractivity contribution in [2.24, 2.45) is 0 Å². The number of hydrogen-bond acceptors (Lipinski definition) is 6. The molecule has 26 heavy (non-hydrogen) atoms. The molecular formula is C20H21N3O2S. The van der Waals surface area contributed by atoms with E-state index < -0.39 is 6.10 Å². The van der Waals surface area contributed by atoms with Crippen molar-refractivity contribution in [1.82, 2.24) is 9.97 Å². The summed E-state index contributed by atoms with van der Waals surface area (Å²) in [7, 11) is 1.62. The van der Waals surface area contributed by atoms with E-state index in [-0.39, 0.29) is 0 Å². The number of nitrogens with one attached hydrogen (secondary N) is 1. The molecule has 0 fully saturated rings. The average Bonchev–Trinajstić information content (AvgIpc) is 2.71. The van der Waals surface area contributed by atoms with E-state index in [9.17, 15) is 5.11 Å². The fourth-order valence-electron chi connectivity index (χ4n) is 2.38. The maximum Gasteiger partial charge on any atom is 0.145 e. The molecule has 0 radical (unpaired) electrons. The Morgan fingerprint density at radius 2 is 1.85 bits per heavy atom. The van der Waals surface area contributed by atoms with Crippen molar-refractivity contribution in [3.05, 3.63) is 78.1 Å². The minimum atomic E-state index is -0.636. The standard InChI is InChI=1S/C20H21N3O2S/c1-25-17-9-7-16(8-10-17)18(24)11-22-19-12-21-13-20(23-19)26-14-15-5-3-2-4-6-15/h2-10,12-13,18,24H,11,14H2,1H3,(H,22,23). The van der Waals surface area contributed by atoms with Gasteiger partial charge in [0.2, 0.25) is 0 Å². The first-order valence-electron chi connectivity index (χ1n) is 8.29. The Labute approximate surface area is 157 Å². The predicted octanol–water partition coefficient (Wildman–Crippen LogP) is 3.92. The van der Waals surface area contributed by atoms with Crippen molar-refractivity contribution in [3.63, 3.8) is 0 Å². The molecule has 2 N–H and O–H groups in total. The molecule has 1 atom stereocenters. The van der Waals surface area contributed by atoms with Crippen LogP contribution in [0.5, 0.6) is 5.75 Å². The van der Waals surface area contributed by atoms with Gasteiger partial charge in [0, 0.05) is 12.3 Å². The second-order valence-corrected chi connectivity index (χ2v) is 6.68. The first-order valence-corrected chi connectivity index (χ1v) is 9.28. The van der Waals surface area contributed by atoms with Crippen molar-refractivity contribution >= 4 is 17.6 Å². The van der Waals surface area contributed by atoms with Gasteiger partial charge in [0.25, 0.3) is 0 Å². The summed E-state index contributed by atoms with van der Waals surface area (Å²) in [6, 6.07) is 17.6. The van der Waals surface area contributed by atoms with Crippen molar-refractivity contribution in [2.75, 3.05) is 19.0 Å². The third-order valence-corrected chi connectivity index (χ3v) is 4.79. The zero-order valence-corrected chi connectivity index (χ0v) is 15.3. The van der Waals surface area contributed by atoms with Crippen molar-refractivity contribution in [1.29, 1.82) is 0 Å². The highest BCUT2D eigenvalue weighted by molar-refractivity contribution is 7.98. The van der Waals surface area contributed by atoms with Gasteiger partial charge in [-0.3, -0.25) is 4.98 Å². The molecule has 0 aliphatic carbocycles. The van der Waals surface area contributed by atoms with Crippen molar-refractivity contribution < 1.29 is 9.84 Å². The van der Waals surface area contributed by atoms with Crippen LogP contribution in [0.4, 0.5) is 5.82 Å². The van der Waals surface area contributed by atoms with Gasteiger partial charge in [0.05, 0.1) is 25.6 Å². The molecule has 0 aliphatic rings. The van der Waals surface area contributed by atoms with Crippen LogP contribution in [-0.2, 0) is 5.75 Å². The summed E-state index contributed by atoms with van der Waals surface area (Å²) < 4.78 is 5.13. The van der Waals surface area contributed by atoms with E-state index in [1.807, 2.05) is 42.5 Å². The summed E-state index contributed by atoms with van der Waals surface area (Å²) in [4.78, 5) is 8.77. The van der Waals surface area contributed by atoms with Crippen LogP contribution in [0.1, 0.15) is 17.2 Å². The number of benzene rings is 2. The molecule has 0 aliphatic heterocycles. The predicted molar refractivity (Wildman–Crippen MR) is 104 cm³/mol. The normalized spacial score (nSPS) is 11.8. The highest BCUT2D eigenvalue weighted by atomic mass is 32.2. The van der Waals surface area contributed by atoms with E-state index in [0.717, 1.165) is 22.1 Å². The van der Waals surface area contributed by atoms with Crippen LogP contribution < -0.4 is 10.1 Å². The van der Waals surface area contributed by atoms with Gasteiger partial charge in [-0.05, 0) is 23.3 Å². The molecule has 3 aromatic rings. The number of aliphatic hydroxyl groups is 1. The van der Waals surface area contributed by atoms with Crippen LogP contribution in [-0.4, -0.2) is 28.7 Å². The van der Waals surface area contributed by atoms with E-state index in [2.05, 4.69) is 27.4 Å². The van der Waals surface area contributed by atoms with Gasteiger partial charge in [0.1, 0.15) is 16.6 Å². The van der Waals surface area contributed by atoms with Crippen LogP contribution in [0.2, 0.25) is 0 Å². The van der Waals surface area contributed by atoms with Crippen LogP contribution in [0.3, 0.4) is 0 Å². The molecule has 1 heterocycles. The highest BCUT2D eigenvalue weighted by Crippen LogP contribution is 2.22. The number of thioether (sulfide) groups is 1. The van der Waals surface area contributed by atoms with E-state index in [1.165, 1.54) is 5.56 Å². The highest BCUT2D eigenvalue weighted by Gasteiger charge is 2.08. The first-order chi connectivity index (χ1) is 12.7. The van der Waals surface area contributed by atoms with E-state index in [4.69, 9.17) is 4.74 Å². The largest absolute Gasteiger partial charge is 0.497 e. The van der Waals surface area contributed by atoms with Gasteiger partial charge in [0.15, 0.2) is 0 Å². The Hall–Kier alpha value is -2.57. The fourth-order valence-corrected chi connectivity index (χ4v) is 3.18. The number of rotatable bonds is 8. The summed E-state index contributed by atoms with van der Waals surface area (Å²) >= 11 is 1.63. The van der Waals surface area contributed by atoms with Crippen LogP contribution in [0, 0.1) is 0 Å². The van der Waals surface area contributed by atoms with Crippen LogP contribution in [0.25, 0.3) is 0 Å². The van der Waals surface area contributed by atoms with Gasteiger partial charge >= 0.3 is 0 Å². The summed E-state index contributed by atoms with van der Waals surface area (Å²) in [6.07, 6.45) is 2.77. The maximum atomic E-state index is 10.3. The molecule has 6 heteroatoms. The number of anilines is 1. The van der Waals surface area contributed by atoms with Crippen LogP contribution >= 0.6 is 11.8 Å². The monoisotopic (exact) mass is 367 g/mol. The smallest absolute Gasteiger partial charge is 0.145 e. The topological polar surface area (TPSA) is 67.3 Å². The number of hydrogen-bond donors (Lipinski definition) is 2. The third-order valence-electron chi connectivity index (χ3n) is 3.82.